The fourth-order valence-corrected chi connectivity index (χ4v) is 5.70. The lowest BCUT2D eigenvalue weighted by Crippen LogP contribution is -2.38. The Morgan fingerprint density at radius 3 is 1.74 bits per heavy atom. The van der Waals surface area contributed by atoms with Gasteiger partial charge in [-0.15, -0.1) is 11.8 Å². The molecule has 7 heteroatoms. The van der Waals surface area contributed by atoms with E-state index in [0.717, 1.165) is 23.0 Å². The maximum Gasteiger partial charge on any atom is 0.407 e. The number of carbonyl (C=O) groups is 3. The lowest BCUT2D eigenvalue weighted by molar-refractivity contribution is -0.122. The summed E-state index contributed by atoms with van der Waals surface area (Å²) in [5.41, 5.74) is 2.67. The highest BCUT2D eigenvalue weighted by atomic mass is 32.2. The molecule has 39 heavy (non-hydrogen) atoms. The van der Waals surface area contributed by atoms with E-state index in [2.05, 4.69) is 47.0 Å². The van der Waals surface area contributed by atoms with Crippen molar-refractivity contribution in [3.63, 3.8) is 0 Å². The average molecular weight is 547 g/mol. The molecule has 3 aromatic carbocycles. The Kier molecular flexibility index (Phi) is 11.2. The van der Waals surface area contributed by atoms with Gasteiger partial charge in [-0.1, -0.05) is 91.0 Å². The van der Waals surface area contributed by atoms with Crippen LogP contribution in [0.1, 0.15) is 56.7 Å². The van der Waals surface area contributed by atoms with Crippen LogP contribution in [0.25, 0.3) is 0 Å². The van der Waals surface area contributed by atoms with E-state index in [-0.39, 0.29) is 11.7 Å². The molecule has 0 saturated carbocycles. The van der Waals surface area contributed by atoms with Crippen molar-refractivity contribution in [2.45, 2.75) is 56.4 Å². The van der Waals surface area contributed by atoms with Crippen LogP contribution in [0.2, 0.25) is 0 Å². The van der Waals surface area contributed by atoms with Crippen LogP contribution in [0, 0.1) is 0 Å². The molecule has 3 aromatic rings. The first-order chi connectivity index (χ1) is 18.7. The van der Waals surface area contributed by atoms with Gasteiger partial charge in [-0.3, -0.25) is 4.79 Å². The number of hydrogen-bond acceptors (Lipinski definition) is 5. The Morgan fingerprint density at radius 2 is 1.31 bits per heavy atom. The van der Waals surface area contributed by atoms with Crippen LogP contribution in [0.5, 0.6) is 0 Å². The Bertz CT molecular complexity index is 1080. The molecule has 0 aliphatic heterocycles. The number of nitrogens with one attached hydrogen (secondary N) is 2. The van der Waals surface area contributed by atoms with Crippen molar-refractivity contribution < 1.29 is 19.1 Å². The van der Waals surface area contributed by atoms with E-state index in [0.29, 0.717) is 25.8 Å². The summed E-state index contributed by atoms with van der Waals surface area (Å²) in [6, 6.07) is 30.0. The quantitative estimate of drug-likeness (QED) is 0.154. The van der Waals surface area contributed by atoms with E-state index in [4.69, 9.17) is 4.74 Å². The maximum absolute atomic E-state index is 13.1. The zero-order valence-corrected chi connectivity index (χ0v) is 23.7. The maximum atomic E-state index is 13.1. The van der Waals surface area contributed by atoms with Crippen molar-refractivity contribution in [3.05, 3.63) is 108 Å². The van der Waals surface area contributed by atoms with Crippen LogP contribution >= 0.6 is 11.8 Å². The molecule has 3 rings (SSSR count). The minimum absolute atomic E-state index is 0.170. The highest BCUT2D eigenvalue weighted by Crippen LogP contribution is 2.48. The van der Waals surface area contributed by atoms with Crippen molar-refractivity contribution in [1.29, 1.82) is 0 Å². The molecule has 0 radical (unpaired) electrons. The number of hydrogen-bond donors (Lipinski definition) is 2. The van der Waals surface area contributed by atoms with Gasteiger partial charge in [0.2, 0.25) is 5.91 Å². The van der Waals surface area contributed by atoms with Crippen LogP contribution in [0.3, 0.4) is 0 Å². The number of amides is 2. The predicted octanol–water partition coefficient (Wildman–Crippen LogP) is 6.09. The van der Waals surface area contributed by atoms with Crippen molar-refractivity contribution >= 4 is 30.0 Å². The third-order valence-corrected chi connectivity index (χ3v) is 7.63. The van der Waals surface area contributed by atoms with E-state index in [9.17, 15) is 14.4 Å². The molecule has 0 aliphatic rings. The van der Waals surface area contributed by atoms with E-state index in [1.54, 1.807) is 0 Å². The van der Waals surface area contributed by atoms with Crippen LogP contribution < -0.4 is 10.6 Å². The smallest absolute Gasteiger partial charge is 0.407 e. The van der Waals surface area contributed by atoms with Gasteiger partial charge < -0.3 is 20.2 Å². The number of carbonyl (C=O) groups excluding carboxylic acids is 3. The molecule has 1 atom stereocenters. The summed E-state index contributed by atoms with van der Waals surface area (Å²) in [4.78, 5) is 36.6. The molecule has 0 spiro atoms. The van der Waals surface area contributed by atoms with Gasteiger partial charge in [-0.05, 0) is 56.7 Å². The molecule has 0 aliphatic carbocycles. The molecule has 2 amide bonds. The SMILES string of the molecule is CC(C)(C)OC(=O)NCCCCC(C=O)NC(=O)CSC(c1ccccc1)(c1ccccc1)c1ccccc1. The third-order valence-electron chi connectivity index (χ3n) is 6.08. The van der Waals surface area contributed by atoms with Gasteiger partial charge in [0.1, 0.15) is 11.9 Å². The molecule has 1 unspecified atom stereocenters. The highest BCUT2D eigenvalue weighted by molar-refractivity contribution is 8.01. The molecule has 6 nitrogen and oxygen atoms in total. The standard InChI is InChI=1S/C32H38N2O4S/c1-31(2,3)38-30(37)33-22-14-13-21-28(23-35)34-29(36)24-39-32(25-15-7-4-8-16-25,26-17-9-5-10-18-26)27-19-11-6-12-20-27/h4-12,15-20,23,28H,13-14,21-22,24H2,1-3H3,(H,33,37)(H,34,36). The Morgan fingerprint density at radius 1 is 0.821 bits per heavy atom. The molecule has 0 aromatic heterocycles. The van der Waals surface area contributed by atoms with Crippen molar-refractivity contribution in [3.8, 4) is 0 Å². The van der Waals surface area contributed by atoms with Crippen molar-refractivity contribution in [2.24, 2.45) is 0 Å². The van der Waals surface area contributed by atoms with Crippen LogP contribution in [0.15, 0.2) is 91.0 Å². The van der Waals surface area contributed by atoms with Gasteiger partial charge in [-0.2, -0.15) is 0 Å². The number of unbranched alkanes of at least 4 members (excludes halogenated alkanes) is 1. The summed E-state index contributed by atoms with van der Waals surface area (Å²) in [5.74, 6) is -0.0281. The number of thioether (sulfide) groups is 1. The first kappa shape index (κ1) is 30.0. The number of ether oxygens (including phenoxy) is 1. The molecule has 2 N–H and O–H groups in total. The second kappa shape index (κ2) is 14.5. The van der Waals surface area contributed by atoms with Gasteiger partial charge in [-0.25, -0.2) is 4.79 Å². The zero-order chi connectivity index (χ0) is 28.1. The van der Waals surface area contributed by atoms with Gasteiger partial charge in [0.15, 0.2) is 0 Å². The van der Waals surface area contributed by atoms with E-state index in [1.165, 1.54) is 11.8 Å². The summed E-state index contributed by atoms with van der Waals surface area (Å²) < 4.78 is 4.62. The lowest BCUT2D eigenvalue weighted by atomic mass is 9.84. The number of alkyl carbamates (subject to hydrolysis) is 1. The first-order valence-electron chi connectivity index (χ1n) is 13.3. The van der Waals surface area contributed by atoms with Gasteiger partial charge >= 0.3 is 6.09 Å². The normalized spacial score (nSPS) is 12.3. The Hall–Kier alpha value is -3.58. The first-order valence-corrected chi connectivity index (χ1v) is 14.3. The minimum atomic E-state index is -0.606. The summed E-state index contributed by atoms with van der Waals surface area (Å²) >= 11 is 1.54. The average Bonchev–Trinajstić information content (AvgIpc) is 2.93. The summed E-state index contributed by atoms with van der Waals surface area (Å²) in [6.45, 7) is 5.88. The minimum Gasteiger partial charge on any atom is -0.444 e. The molecule has 206 valence electrons. The molecular weight excluding hydrogens is 508 g/mol. The number of aldehydes is 1. The summed E-state index contributed by atoms with van der Waals surface area (Å²) in [6.07, 6.45) is 2.17. The fourth-order valence-electron chi connectivity index (χ4n) is 4.36. The second-order valence-electron chi connectivity index (χ2n) is 10.3. The Labute approximate surface area is 235 Å². The van der Waals surface area contributed by atoms with E-state index < -0.39 is 22.5 Å². The second-order valence-corrected chi connectivity index (χ2v) is 11.5. The lowest BCUT2D eigenvalue weighted by Gasteiger charge is -2.35. The molecule has 0 fully saturated rings. The predicted molar refractivity (Wildman–Crippen MR) is 158 cm³/mol. The van der Waals surface area contributed by atoms with Gasteiger partial charge in [0.05, 0.1) is 16.5 Å². The fraction of sp³-hybridized carbons (Fsp3) is 0.344. The number of benzene rings is 3. The van der Waals surface area contributed by atoms with Crippen LogP contribution in [-0.2, 0) is 19.1 Å². The highest BCUT2D eigenvalue weighted by Gasteiger charge is 2.37. The molecular formula is C32H38N2O4S. The van der Waals surface area contributed by atoms with Crippen molar-refractivity contribution in [2.75, 3.05) is 12.3 Å². The van der Waals surface area contributed by atoms with Crippen LogP contribution in [0.4, 0.5) is 4.79 Å². The van der Waals surface area contributed by atoms with Crippen LogP contribution in [-0.4, -0.2) is 42.2 Å². The summed E-state index contributed by atoms with van der Waals surface area (Å²) in [5, 5.41) is 5.60. The topological polar surface area (TPSA) is 84.5 Å². The van der Waals surface area contributed by atoms with Gasteiger partial charge in [0, 0.05) is 6.54 Å². The molecule has 0 heterocycles. The van der Waals surface area contributed by atoms with Gasteiger partial charge in [0.25, 0.3) is 0 Å². The molecule has 0 bridgehead atoms. The van der Waals surface area contributed by atoms with E-state index >= 15 is 0 Å². The Balaban J connectivity index is 1.65. The third kappa shape index (κ3) is 8.99. The monoisotopic (exact) mass is 546 g/mol. The largest absolute Gasteiger partial charge is 0.444 e. The molecule has 0 saturated heterocycles. The number of rotatable bonds is 13. The zero-order valence-electron chi connectivity index (χ0n) is 22.9. The van der Waals surface area contributed by atoms with E-state index in [1.807, 2.05) is 75.4 Å². The summed E-state index contributed by atoms with van der Waals surface area (Å²) in [7, 11) is 0. The van der Waals surface area contributed by atoms with Crippen molar-refractivity contribution in [1.82, 2.24) is 10.6 Å².